The van der Waals surface area contributed by atoms with Crippen molar-refractivity contribution in [1.29, 1.82) is 0 Å². The van der Waals surface area contributed by atoms with E-state index in [1.54, 1.807) is 0 Å². The van der Waals surface area contributed by atoms with E-state index in [0.29, 0.717) is 18.1 Å². The highest BCUT2D eigenvalue weighted by molar-refractivity contribution is 5.41. The van der Waals surface area contributed by atoms with Gasteiger partial charge in [0.15, 0.2) is 0 Å². The fraction of sp³-hybridized carbons (Fsp3) is 0.727. The maximum atomic E-state index is 5.75. The highest BCUT2D eigenvalue weighted by Crippen LogP contribution is 2.53. The molecule has 0 amide bonds. The normalized spacial score (nSPS) is 37.1. The molecule has 82 valence electrons. The molecular formula is C11H17N3O. The molecule has 1 aliphatic heterocycles. The standard InChI is InChI=1S/C11H17N3O/c1-11(2)9(8-3-4-15-10(8)11)14-7-5-12-13-6-7/h5-6,8-10,14H,3-4H2,1-2H3,(H,12,13). The Bertz CT molecular complexity index is 347. The van der Waals surface area contributed by atoms with E-state index in [1.807, 2.05) is 12.4 Å². The van der Waals surface area contributed by atoms with Crippen LogP contribution < -0.4 is 5.32 Å². The van der Waals surface area contributed by atoms with Crippen molar-refractivity contribution in [2.45, 2.75) is 32.4 Å². The van der Waals surface area contributed by atoms with Gasteiger partial charge in [-0.1, -0.05) is 13.8 Å². The summed E-state index contributed by atoms with van der Waals surface area (Å²) in [6.07, 6.45) is 5.36. The van der Waals surface area contributed by atoms with Crippen LogP contribution in [0.4, 0.5) is 5.69 Å². The fourth-order valence-electron chi connectivity index (χ4n) is 3.13. The molecule has 4 heteroatoms. The lowest BCUT2D eigenvalue weighted by atomic mass is 9.57. The van der Waals surface area contributed by atoms with Crippen molar-refractivity contribution in [3.8, 4) is 0 Å². The monoisotopic (exact) mass is 207 g/mol. The largest absolute Gasteiger partial charge is 0.379 e. The topological polar surface area (TPSA) is 49.9 Å². The second-order valence-corrected chi connectivity index (χ2v) is 5.17. The number of aromatic amines is 1. The van der Waals surface area contributed by atoms with E-state index in [2.05, 4.69) is 29.4 Å². The van der Waals surface area contributed by atoms with Crippen molar-refractivity contribution in [3.05, 3.63) is 12.4 Å². The molecule has 0 radical (unpaired) electrons. The summed E-state index contributed by atoms with van der Waals surface area (Å²) >= 11 is 0. The van der Waals surface area contributed by atoms with Crippen LogP contribution in [0.15, 0.2) is 12.4 Å². The van der Waals surface area contributed by atoms with Crippen LogP contribution in [0.5, 0.6) is 0 Å². The molecule has 2 N–H and O–H groups in total. The quantitative estimate of drug-likeness (QED) is 0.775. The van der Waals surface area contributed by atoms with Gasteiger partial charge in [-0.25, -0.2) is 0 Å². The summed E-state index contributed by atoms with van der Waals surface area (Å²) in [6, 6.07) is 0.516. The van der Waals surface area contributed by atoms with Crippen LogP contribution in [0.25, 0.3) is 0 Å². The van der Waals surface area contributed by atoms with Gasteiger partial charge in [0, 0.05) is 30.2 Å². The van der Waals surface area contributed by atoms with Crippen LogP contribution in [-0.2, 0) is 4.74 Å². The molecule has 3 atom stereocenters. The van der Waals surface area contributed by atoms with E-state index in [0.717, 1.165) is 12.3 Å². The molecule has 1 aromatic rings. The SMILES string of the molecule is CC1(C)C(Nc2cn[nH]c2)C2CCOC21. The molecule has 3 rings (SSSR count). The second kappa shape index (κ2) is 2.98. The lowest BCUT2D eigenvalue weighted by Crippen LogP contribution is -2.63. The Morgan fingerprint density at radius 2 is 2.47 bits per heavy atom. The summed E-state index contributed by atoms with van der Waals surface area (Å²) in [4.78, 5) is 0. The van der Waals surface area contributed by atoms with Gasteiger partial charge in [-0.3, -0.25) is 5.10 Å². The first-order valence-electron chi connectivity index (χ1n) is 5.56. The van der Waals surface area contributed by atoms with E-state index in [1.165, 1.54) is 6.42 Å². The van der Waals surface area contributed by atoms with E-state index in [4.69, 9.17) is 4.74 Å². The molecule has 4 nitrogen and oxygen atoms in total. The molecule has 1 saturated heterocycles. The van der Waals surface area contributed by atoms with E-state index >= 15 is 0 Å². The van der Waals surface area contributed by atoms with Gasteiger partial charge < -0.3 is 10.1 Å². The maximum absolute atomic E-state index is 5.75. The summed E-state index contributed by atoms with van der Waals surface area (Å²) in [5.41, 5.74) is 1.32. The van der Waals surface area contributed by atoms with E-state index in [-0.39, 0.29) is 5.41 Å². The van der Waals surface area contributed by atoms with Crippen LogP contribution in [-0.4, -0.2) is 29.0 Å². The van der Waals surface area contributed by atoms with Crippen molar-refractivity contribution in [1.82, 2.24) is 10.2 Å². The Balaban J connectivity index is 1.76. The molecule has 1 aromatic heterocycles. The molecular weight excluding hydrogens is 190 g/mol. The first kappa shape index (κ1) is 9.21. The highest BCUT2D eigenvalue weighted by Gasteiger charge is 2.59. The number of anilines is 1. The van der Waals surface area contributed by atoms with Gasteiger partial charge in [-0.2, -0.15) is 5.10 Å². The van der Waals surface area contributed by atoms with Crippen molar-refractivity contribution in [2.24, 2.45) is 11.3 Å². The number of hydrogen-bond donors (Lipinski definition) is 2. The molecule has 2 aliphatic rings. The van der Waals surface area contributed by atoms with Crippen LogP contribution in [0.1, 0.15) is 20.3 Å². The van der Waals surface area contributed by atoms with Gasteiger partial charge in [0.1, 0.15) is 0 Å². The molecule has 3 unspecified atom stereocenters. The van der Waals surface area contributed by atoms with Gasteiger partial charge in [-0.15, -0.1) is 0 Å². The Kier molecular flexibility index (Phi) is 1.83. The van der Waals surface area contributed by atoms with Gasteiger partial charge in [0.2, 0.25) is 0 Å². The zero-order chi connectivity index (χ0) is 10.5. The Morgan fingerprint density at radius 1 is 1.60 bits per heavy atom. The third kappa shape index (κ3) is 1.21. The lowest BCUT2D eigenvalue weighted by Gasteiger charge is -2.54. The number of fused-ring (bicyclic) bond motifs is 1. The van der Waals surface area contributed by atoms with Crippen molar-refractivity contribution in [3.63, 3.8) is 0 Å². The zero-order valence-corrected chi connectivity index (χ0v) is 9.16. The molecule has 1 aliphatic carbocycles. The minimum Gasteiger partial charge on any atom is -0.379 e. The Labute approximate surface area is 89.4 Å². The summed E-state index contributed by atoms with van der Waals surface area (Å²) in [5, 5.41) is 10.3. The van der Waals surface area contributed by atoms with Crippen molar-refractivity contribution >= 4 is 5.69 Å². The Hall–Kier alpha value is -1.03. The molecule has 0 bridgehead atoms. The average Bonchev–Trinajstić information content (AvgIpc) is 2.84. The predicted octanol–water partition coefficient (Wildman–Crippen LogP) is 1.64. The lowest BCUT2D eigenvalue weighted by molar-refractivity contribution is -0.0923. The number of nitrogens with one attached hydrogen (secondary N) is 2. The molecule has 15 heavy (non-hydrogen) atoms. The Morgan fingerprint density at radius 3 is 3.20 bits per heavy atom. The number of ether oxygens (including phenoxy) is 1. The first-order chi connectivity index (χ1) is 7.19. The number of hydrogen-bond acceptors (Lipinski definition) is 3. The van der Waals surface area contributed by atoms with Gasteiger partial charge in [0.05, 0.1) is 18.0 Å². The third-order valence-electron chi connectivity index (χ3n) is 3.92. The second-order valence-electron chi connectivity index (χ2n) is 5.17. The molecule has 2 fully saturated rings. The summed E-state index contributed by atoms with van der Waals surface area (Å²) in [6.45, 7) is 5.47. The van der Waals surface area contributed by atoms with E-state index < -0.39 is 0 Å². The van der Waals surface area contributed by atoms with Crippen molar-refractivity contribution < 1.29 is 4.74 Å². The van der Waals surface area contributed by atoms with Crippen LogP contribution in [0, 0.1) is 11.3 Å². The van der Waals surface area contributed by atoms with Crippen LogP contribution >= 0.6 is 0 Å². The predicted molar refractivity (Wildman–Crippen MR) is 57.6 cm³/mol. The third-order valence-corrected chi connectivity index (χ3v) is 3.92. The number of nitrogens with zero attached hydrogens (tertiary/aromatic N) is 1. The fourth-order valence-corrected chi connectivity index (χ4v) is 3.13. The smallest absolute Gasteiger partial charge is 0.0726 e. The summed E-state index contributed by atoms with van der Waals surface area (Å²) < 4.78 is 5.75. The van der Waals surface area contributed by atoms with Crippen LogP contribution in [0.3, 0.4) is 0 Å². The maximum Gasteiger partial charge on any atom is 0.0726 e. The van der Waals surface area contributed by atoms with Gasteiger partial charge in [-0.05, 0) is 6.42 Å². The van der Waals surface area contributed by atoms with Gasteiger partial charge >= 0.3 is 0 Å². The molecule has 2 heterocycles. The van der Waals surface area contributed by atoms with Crippen LogP contribution in [0.2, 0.25) is 0 Å². The number of rotatable bonds is 2. The highest BCUT2D eigenvalue weighted by atomic mass is 16.5. The summed E-state index contributed by atoms with van der Waals surface area (Å²) in [5.74, 6) is 0.676. The number of aromatic nitrogens is 2. The zero-order valence-electron chi connectivity index (χ0n) is 9.16. The molecule has 1 saturated carbocycles. The summed E-state index contributed by atoms with van der Waals surface area (Å²) in [7, 11) is 0. The molecule has 0 aromatic carbocycles. The minimum absolute atomic E-state index is 0.235. The van der Waals surface area contributed by atoms with Crippen molar-refractivity contribution in [2.75, 3.05) is 11.9 Å². The first-order valence-corrected chi connectivity index (χ1v) is 5.56. The van der Waals surface area contributed by atoms with E-state index in [9.17, 15) is 0 Å². The minimum atomic E-state index is 0.235. The molecule has 0 spiro atoms. The number of H-pyrrole nitrogens is 1. The average molecular weight is 207 g/mol. The van der Waals surface area contributed by atoms with Gasteiger partial charge in [0.25, 0.3) is 0 Å².